The Labute approximate surface area is 175 Å². The van der Waals surface area contributed by atoms with Gasteiger partial charge in [0.05, 0.1) is 16.6 Å². The van der Waals surface area contributed by atoms with Crippen molar-refractivity contribution in [3.63, 3.8) is 0 Å². The van der Waals surface area contributed by atoms with E-state index in [-0.39, 0.29) is 23.5 Å². The van der Waals surface area contributed by atoms with Crippen molar-refractivity contribution in [3.8, 4) is 5.69 Å². The van der Waals surface area contributed by atoms with E-state index in [4.69, 9.17) is 0 Å². The Balaban J connectivity index is 1.61. The van der Waals surface area contributed by atoms with E-state index in [9.17, 15) is 13.2 Å². The third-order valence-electron chi connectivity index (χ3n) is 4.59. The van der Waals surface area contributed by atoms with Gasteiger partial charge in [0, 0.05) is 20.6 Å². The lowest BCUT2D eigenvalue weighted by Crippen LogP contribution is -2.37. The van der Waals surface area contributed by atoms with E-state index in [2.05, 4.69) is 20.7 Å². The molecule has 3 rings (SSSR count). The van der Waals surface area contributed by atoms with Crippen molar-refractivity contribution in [1.82, 2.24) is 29.7 Å². The van der Waals surface area contributed by atoms with Gasteiger partial charge < -0.3 is 10.6 Å². The van der Waals surface area contributed by atoms with E-state index in [1.807, 2.05) is 31.2 Å². The van der Waals surface area contributed by atoms with Crippen molar-refractivity contribution >= 4 is 16.1 Å². The van der Waals surface area contributed by atoms with E-state index >= 15 is 0 Å². The number of nitrogens with zero attached hydrogens (tertiary/aromatic N) is 4. The maximum absolute atomic E-state index is 12.5. The molecular formula is C20H24N6O3S. The number of rotatable bonds is 7. The number of hydrogen-bond acceptors (Lipinski definition) is 5. The van der Waals surface area contributed by atoms with Crippen LogP contribution in [0.15, 0.2) is 66.1 Å². The first kappa shape index (κ1) is 21.5. The van der Waals surface area contributed by atoms with Crippen molar-refractivity contribution in [1.29, 1.82) is 0 Å². The Hall–Kier alpha value is -3.24. The summed E-state index contributed by atoms with van der Waals surface area (Å²) in [7, 11) is -0.646. The van der Waals surface area contributed by atoms with Crippen LogP contribution in [0.4, 0.5) is 4.79 Å². The molecule has 1 heterocycles. The summed E-state index contributed by atoms with van der Waals surface area (Å²) in [6.07, 6.45) is 3.07. The zero-order valence-electron chi connectivity index (χ0n) is 17.0. The van der Waals surface area contributed by atoms with Gasteiger partial charge in [-0.2, -0.15) is 5.10 Å². The van der Waals surface area contributed by atoms with Gasteiger partial charge in [-0.25, -0.2) is 27.2 Å². The lowest BCUT2D eigenvalue weighted by Gasteiger charge is -2.17. The van der Waals surface area contributed by atoms with Crippen LogP contribution in [0.1, 0.15) is 24.1 Å². The second kappa shape index (κ2) is 9.06. The number of sulfonamides is 1. The van der Waals surface area contributed by atoms with E-state index in [1.54, 1.807) is 29.2 Å². The van der Waals surface area contributed by atoms with Crippen molar-refractivity contribution < 1.29 is 13.2 Å². The van der Waals surface area contributed by atoms with Gasteiger partial charge in [0.2, 0.25) is 10.0 Å². The summed E-state index contributed by atoms with van der Waals surface area (Å²) in [5.41, 5.74) is 2.31. The van der Waals surface area contributed by atoms with Crippen molar-refractivity contribution in [2.75, 3.05) is 14.1 Å². The molecule has 0 radical (unpaired) electrons. The summed E-state index contributed by atoms with van der Waals surface area (Å²) in [6, 6.07) is 13.6. The fourth-order valence-electron chi connectivity index (χ4n) is 2.86. The van der Waals surface area contributed by atoms with Crippen LogP contribution < -0.4 is 10.6 Å². The minimum Gasteiger partial charge on any atom is -0.334 e. The zero-order chi connectivity index (χ0) is 21.7. The van der Waals surface area contributed by atoms with E-state index in [0.29, 0.717) is 5.56 Å². The van der Waals surface area contributed by atoms with Gasteiger partial charge in [-0.3, -0.25) is 0 Å². The molecule has 3 aromatic rings. The molecule has 0 aliphatic rings. The van der Waals surface area contributed by atoms with Crippen LogP contribution in [-0.2, 0) is 16.6 Å². The summed E-state index contributed by atoms with van der Waals surface area (Å²) in [4.78, 5) is 16.4. The molecule has 0 aliphatic carbocycles. The molecule has 2 N–H and O–H groups in total. The van der Waals surface area contributed by atoms with Crippen LogP contribution in [0.3, 0.4) is 0 Å². The Bertz CT molecular complexity index is 1100. The summed E-state index contributed by atoms with van der Waals surface area (Å²) >= 11 is 0. The Morgan fingerprint density at radius 1 is 1.13 bits per heavy atom. The number of benzene rings is 2. The van der Waals surface area contributed by atoms with Crippen LogP contribution >= 0.6 is 0 Å². The fourth-order valence-corrected chi connectivity index (χ4v) is 3.98. The summed E-state index contributed by atoms with van der Waals surface area (Å²) in [5, 5.41) is 9.66. The van der Waals surface area contributed by atoms with Gasteiger partial charge in [-0.1, -0.05) is 30.3 Å². The van der Waals surface area contributed by atoms with Crippen LogP contribution in [0, 0.1) is 0 Å². The molecule has 0 saturated heterocycles. The Kier molecular flexibility index (Phi) is 6.48. The highest BCUT2D eigenvalue weighted by atomic mass is 32.2. The number of aromatic nitrogens is 3. The molecule has 158 valence electrons. The highest BCUT2D eigenvalue weighted by Crippen LogP contribution is 2.18. The van der Waals surface area contributed by atoms with Crippen LogP contribution in [0.25, 0.3) is 5.69 Å². The first-order valence-electron chi connectivity index (χ1n) is 9.29. The topological polar surface area (TPSA) is 109 Å². The first-order chi connectivity index (χ1) is 14.3. The number of hydrogen-bond donors (Lipinski definition) is 2. The Morgan fingerprint density at radius 3 is 2.47 bits per heavy atom. The molecule has 0 bridgehead atoms. The average molecular weight is 429 g/mol. The third-order valence-corrected chi connectivity index (χ3v) is 6.51. The molecule has 0 spiro atoms. The molecule has 0 saturated carbocycles. The number of carbonyl (C=O) groups excluding carboxylic acids is 1. The quantitative estimate of drug-likeness (QED) is 0.599. The molecule has 0 aliphatic heterocycles. The Morgan fingerprint density at radius 2 is 1.83 bits per heavy atom. The zero-order valence-corrected chi connectivity index (χ0v) is 17.8. The van der Waals surface area contributed by atoms with Crippen molar-refractivity contribution in [2.24, 2.45) is 0 Å². The molecule has 10 heteroatoms. The first-order valence-corrected chi connectivity index (χ1v) is 10.7. The molecule has 2 amide bonds. The second-order valence-corrected chi connectivity index (χ2v) is 9.00. The maximum atomic E-state index is 12.5. The number of amides is 2. The van der Waals surface area contributed by atoms with Gasteiger partial charge in [0.1, 0.15) is 12.7 Å². The predicted molar refractivity (Wildman–Crippen MR) is 112 cm³/mol. The normalized spacial score (nSPS) is 12.5. The van der Waals surface area contributed by atoms with Gasteiger partial charge in [0.25, 0.3) is 0 Å². The number of nitrogens with one attached hydrogen (secondary N) is 2. The molecule has 1 unspecified atom stereocenters. The van der Waals surface area contributed by atoms with E-state index in [0.717, 1.165) is 15.6 Å². The van der Waals surface area contributed by atoms with E-state index in [1.165, 1.54) is 26.5 Å². The SMILES string of the molecule is CC(NC(=O)NCc1ccccc1S(=O)(=O)N(C)C)c1ccc(-n2cncn2)cc1. The predicted octanol–water partition coefficient (Wildman–Crippen LogP) is 2.08. The van der Waals surface area contributed by atoms with Crippen LogP contribution in [0.2, 0.25) is 0 Å². The average Bonchev–Trinajstić information content (AvgIpc) is 3.27. The van der Waals surface area contributed by atoms with Crippen molar-refractivity contribution in [3.05, 3.63) is 72.3 Å². The maximum Gasteiger partial charge on any atom is 0.315 e. The summed E-state index contributed by atoms with van der Waals surface area (Å²) < 4.78 is 27.7. The highest BCUT2D eigenvalue weighted by molar-refractivity contribution is 7.89. The monoisotopic (exact) mass is 428 g/mol. The lowest BCUT2D eigenvalue weighted by atomic mass is 10.1. The van der Waals surface area contributed by atoms with Gasteiger partial charge in [0.15, 0.2) is 0 Å². The minimum absolute atomic E-state index is 0.0903. The van der Waals surface area contributed by atoms with E-state index < -0.39 is 10.0 Å². The molecule has 0 fully saturated rings. The summed E-state index contributed by atoms with van der Waals surface area (Å²) in [5.74, 6) is 0. The van der Waals surface area contributed by atoms with Gasteiger partial charge in [-0.05, 0) is 36.2 Å². The van der Waals surface area contributed by atoms with Gasteiger partial charge in [-0.15, -0.1) is 0 Å². The molecule has 9 nitrogen and oxygen atoms in total. The second-order valence-electron chi connectivity index (χ2n) is 6.88. The van der Waals surface area contributed by atoms with Crippen LogP contribution in [-0.4, -0.2) is 47.6 Å². The minimum atomic E-state index is -3.59. The summed E-state index contributed by atoms with van der Waals surface area (Å²) in [6.45, 7) is 1.96. The number of urea groups is 1. The van der Waals surface area contributed by atoms with Crippen molar-refractivity contribution in [2.45, 2.75) is 24.4 Å². The molecular weight excluding hydrogens is 404 g/mol. The lowest BCUT2D eigenvalue weighted by molar-refractivity contribution is 0.237. The van der Waals surface area contributed by atoms with Gasteiger partial charge >= 0.3 is 6.03 Å². The number of carbonyl (C=O) groups is 1. The molecule has 30 heavy (non-hydrogen) atoms. The van der Waals surface area contributed by atoms with Crippen LogP contribution in [0.5, 0.6) is 0 Å². The smallest absolute Gasteiger partial charge is 0.315 e. The highest BCUT2D eigenvalue weighted by Gasteiger charge is 2.21. The largest absolute Gasteiger partial charge is 0.334 e. The third kappa shape index (κ3) is 4.84. The molecule has 1 atom stereocenters. The fraction of sp³-hybridized carbons (Fsp3) is 0.250. The molecule has 2 aromatic carbocycles. The standard InChI is InChI=1S/C20H24N6O3S/c1-15(16-8-10-18(11-9-16)26-14-21-13-23-26)24-20(27)22-12-17-6-4-5-7-19(17)30(28,29)25(2)3/h4-11,13-15H,12H2,1-3H3,(H2,22,24,27). The molecule has 1 aromatic heterocycles.